The predicted molar refractivity (Wildman–Crippen MR) is 113 cm³/mol. The lowest BCUT2D eigenvalue weighted by atomic mass is 10.1. The minimum atomic E-state index is -0.00593. The largest absolute Gasteiger partial charge is 0.355 e. The molecule has 0 unspecified atom stereocenters. The second-order valence-electron chi connectivity index (χ2n) is 7.06. The van der Waals surface area contributed by atoms with Gasteiger partial charge >= 0.3 is 0 Å². The molecule has 1 aromatic carbocycles. The van der Waals surface area contributed by atoms with Crippen LogP contribution in [0.15, 0.2) is 47.8 Å². The van der Waals surface area contributed by atoms with Gasteiger partial charge in [-0.15, -0.1) is 10.2 Å². The van der Waals surface area contributed by atoms with Gasteiger partial charge in [-0.3, -0.25) is 14.3 Å². The average molecular weight is 396 g/mol. The number of aromatic nitrogens is 4. The van der Waals surface area contributed by atoms with Gasteiger partial charge in [0.05, 0.1) is 11.4 Å². The summed E-state index contributed by atoms with van der Waals surface area (Å²) in [7, 11) is 0. The highest BCUT2D eigenvalue weighted by atomic mass is 32.2. The smallest absolute Gasteiger partial charge is 0.230 e. The van der Waals surface area contributed by atoms with Gasteiger partial charge in [-0.2, -0.15) is 0 Å². The standard InChI is InChI=1S/C21H25N5OS/c1-14(2)12-23-19(27)13-28-21-25-24-20(17-9-5-6-11-22-17)26(21)18-10-7-8-15(3)16(18)4/h5-11,14H,12-13H2,1-4H3,(H,23,27). The average Bonchev–Trinajstić information content (AvgIpc) is 3.11. The Morgan fingerprint density at radius 1 is 1.14 bits per heavy atom. The van der Waals surface area contributed by atoms with E-state index in [9.17, 15) is 4.79 Å². The lowest BCUT2D eigenvalue weighted by Crippen LogP contribution is -2.28. The number of hydrogen-bond acceptors (Lipinski definition) is 5. The van der Waals surface area contributed by atoms with Gasteiger partial charge in [0.1, 0.15) is 5.69 Å². The molecule has 0 aliphatic carbocycles. The van der Waals surface area contributed by atoms with Crippen molar-refractivity contribution in [2.45, 2.75) is 32.9 Å². The molecule has 0 aliphatic rings. The molecular weight excluding hydrogens is 370 g/mol. The van der Waals surface area contributed by atoms with Crippen LogP contribution in [0.3, 0.4) is 0 Å². The molecule has 7 heteroatoms. The van der Waals surface area contributed by atoms with Crippen molar-refractivity contribution in [2.24, 2.45) is 5.92 Å². The van der Waals surface area contributed by atoms with E-state index in [1.165, 1.54) is 17.3 Å². The second-order valence-corrected chi connectivity index (χ2v) is 8.00. The molecule has 0 fully saturated rings. The summed E-state index contributed by atoms with van der Waals surface area (Å²) in [6.07, 6.45) is 1.74. The first-order valence-electron chi connectivity index (χ1n) is 9.30. The first-order chi connectivity index (χ1) is 13.5. The number of carbonyl (C=O) groups excluding carboxylic acids is 1. The number of nitrogens with one attached hydrogen (secondary N) is 1. The van der Waals surface area contributed by atoms with Crippen LogP contribution in [0.2, 0.25) is 0 Å². The summed E-state index contributed by atoms with van der Waals surface area (Å²) in [6, 6.07) is 11.9. The van der Waals surface area contributed by atoms with Crippen LogP contribution in [-0.2, 0) is 4.79 Å². The highest BCUT2D eigenvalue weighted by molar-refractivity contribution is 7.99. The molecule has 6 nitrogen and oxygen atoms in total. The molecule has 0 spiro atoms. The maximum atomic E-state index is 12.2. The van der Waals surface area contributed by atoms with E-state index in [1.807, 2.05) is 34.9 Å². The topological polar surface area (TPSA) is 72.7 Å². The van der Waals surface area contributed by atoms with Crippen molar-refractivity contribution < 1.29 is 4.79 Å². The zero-order valence-electron chi connectivity index (χ0n) is 16.6. The fourth-order valence-electron chi connectivity index (χ4n) is 2.72. The van der Waals surface area contributed by atoms with Gasteiger partial charge in [-0.05, 0) is 49.1 Å². The molecule has 0 bridgehead atoms. The number of nitrogens with zero attached hydrogens (tertiary/aromatic N) is 4. The van der Waals surface area contributed by atoms with E-state index in [-0.39, 0.29) is 11.7 Å². The Bertz CT molecular complexity index is 953. The molecule has 1 amide bonds. The van der Waals surface area contributed by atoms with E-state index >= 15 is 0 Å². The Kier molecular flexibility index (Phi) is 6.46. The fourth-order valence-corrected chi connectivity index (χ4v) is 3.49. The third-order valence-electron chi connectivity index (χ3n) is 4.38. The second kappa shape index (κ2) is 9.01. The number of rotatable bonds is 7. The zero-order valence-corrected chi connectivity index (χ0v) is 17.5. The molecule has 0 saturated heterocycles. The van der Waals surface area contributed by atoms with E-state index in [1.54, 1.807) is 6.20 Å². The number of benzene rings is 1. The number of carbonyl (C=O) groups is 1. The Morgan fingerprint density at radius 2 is 1.96 bits per heavy atom. The van der Waals surface area contributed by atoms with Gasteiger partial charge < -0.3 is 5.32 Å². The van der Waals surface area contributed by atoms with Crippen LogP contribution in [0.25, 0.3) is 17.2 Å². The molecule has 0 atom stereocenters. The van der Waals surface area contributed by atoms with Crippen molar-refractivity contribution in [2.75, 3.05) is 12.3 Å². The number of aryl methyl sites for hydroxylation is 1. The lowest BCUT2D eigenvalue weighted by molar-refractivity contribution is -0.118. The van der Waals surface area contributed by atoms with Gasteiger partial charge in [0, 0.05) is 12.7 Å². The van der Waals surface area contributed by atoms with Crippen LogP contribution in [0.5, 0.6) is 0 Å². The highest BCUT2D eigenvalue weighted by Crippen LogP contribution is 2.29. The third kappa shape index (κ3) is 4.59. The normalized spacial score (nSPS) is 11.0. The minimum absolute atomic E-state index is 0.00593. The van der Waals surface area contributed by atoms with Crippen molar-refractivity contribution in [3.05, 3.63) is 53.7 Å². The molecule has 2 aromatic heterocycles. The van der Waals surface area contributed by atoms with E-state index in [0.29, 0.717) is 23.4 Å². The van der Waals surface area contributed by atoms with E-state index in [2.05, 4.69) is 54.3 Å². The SMILES string of the molecule is Cc1cccc(-n2c(SCC(=O)NCC(C)C)nnc2-c2ccccn2)c1C. The first kappa shape index (κ1) is 20.1. The van der Waals surface area contributed by atoms with Crippen LogP contribution in [0.1, 0.15) is 25.0 Å². The number of hydrogen-bond donors (Lipinski definition) is 1. The van der Waals surface area contributed by atoms with Crippen molar-refractivity contribution >= 4 is 17.7 Å². The van der Waals surface area contributed by atoms with Crippen molar-refractivity contribution in [3.8, 4) is 17.2 Å². The molecule has 3 aromatic rings. The maximum absolute atomic E-state index is 12.2. The molecular formula is C21H25N5OS. The Labute approximate surface area is 169 Å². The van der Waals surface area contributed by atoms with Crippen LogP contribution >= 0.6 is 11.8 Å². The van der Waals surface area contributed by atoms with E-state index in [4.69, 9.17) is 0 Å². The van der Waals surface area contributed by atoms with Crippen LogP contribution in [-0.4, -0.2) is 38.0 Å². The Morgan fingerprint density at radius 3 is 2.68 bits per heavy atom. The Balaban J connectivity index is 1.96. The summed E-state index contributed by atoms with van der Waals surface area (Å²) in [5, 5.41) is 12.4. The molecule has 0 aliphatic heterocycles. The molecule has 3 rings (SSSR count). The summed E-state index contributed by atoms with van der Waals surface area (Å²) in [5.41, 5.74) is 4.07. The molecule has 1 N–H and O–H groups in total. The number of thioether (sulfide) groups is 1. The minimum Gasteiger partial charge on any atom is -0.355 e. The van der Waals surface area contributed by atoms with Crippen molar-refractivity contribution in [1.29, 1.82) is 0 Å². The van der Waals surface area contributed by atoms with Crippen molar-refractivity contribution in [3.63, 3.8) is 0 Å². The van der Waals surface area contributed by atoms with E-state index in [0.717, 1.165) is 16.9 Å². The van der Waals surface area contributed by atoms with E-state index < -0.39 is 0 Å². The van der Waals surface area contributed by atoms with Crippen molar-refractivity contribution in [1.82, 2.24) is 25.1 Å². The zero-order chi connectivity index (χ0) is 20.1. The number of amides is 1. The summed E-state index contributed by atoms with van der Waals surface area (Å²) in [5.74, 6) is 1.37. The fraction of sp³-hybridized carbons (Fsp3) is 0.333. The monoisotopic (exact) mass is 395 g/mol. The highest BCUT2D eigenvalue weighted by Gasteiger charge is 2.19. The summed E-state index contributed by atoms with van der Waals surface area (Å²) >= 11 is 1.38. The van der Waals surface area contributed by atoms with Gasteiger partial charge in [0.25, 0.3) is 0 Å². The molecule has 0 radical (unpaired) electrons. The molecule has 146 valence electrons. The number of pyridine rings is 1. The lowest BCUT2D eigenvalue weighted by Gasteiger charge is -2.14. The molecule has 28 heavy (non-hydrogen) atoms. The van der Waals surface area contributed by atoms with Gasteiger partial charge in [0.2, 0.25) is 5.91 Å². The summed E-state index contributed by atoms with van der Waals surface area (Å²) in [4.78, 5) is 16.6. The first-order valence-corrected chi connectivity index (χ1v) is 10.3. The van der Waals surface area contributed by atoms with Gasteiger partial charge in [-0.25, -0.2) is 0 Å². The van der Waals surface area contributed by atoms with Gasteiger partial charge in [0.15, 0.2) is 11.0 Å². The summed E-state index contributed by atoms with van der Waals surface area (Å²) < 4.78 is 1.99. The van der Waals surface area contributed by atoms with Crippen LogP contribution < -0.4 is 5.32 Å². The molecule has 2 heterocycles. The van der Waals surface area contributed by atoms with Crippen LogP contribution in [0.4, 0.5) is 0 Å². The maximum Gasteiger partial charge on any atom is 0.230 e. The summed E-state index contributed by atoms with van der Waals surface area (Å²) in [6.45, 7) is 8.97. The predicted octanol–water partition coefficient (Wildman–Crippen LogP) is 3.81. The Hall–Kier alpha value is -2.67. The quantitative estimate of drug-likeness (QED) is 0.616. The van der Waals surface area contributed by atoms with Crippen LogP contribution in [0, 0.1) is 19.8 Å². The molecule has 0 saturated carbocycles. The van der Waals surface area contributed by atoms with Gasteiger partial charge in [-0.1, -0.05) is 43.8 Å². The third-order valence-corrected chi connectivity index (χ3v) is 5.31.